The molecule has 0 fully saturated rings. The lowest BCUT2D eigenvalue weighted by atomic mass is 10.1. The molecule has 2 rings (SSSR count). The third-order valence-corrected chi connectivity index (χ3v) is 4.53. The van der Waals surface area contributed by atoms with E-state index in [2.05, 4.69) is 36.5 Å². The molecule has 0 aliphatic carbocycles. The van der Waals surface area contributed by atoms with Gasteiger partial charge >= 0.3 is 0 Å². The lowest BCUT2D eigenvalue weighted by Gasteiger charge is -2.06. The molecule has 2 aromatic rings. The van der Waals surface area contributed by atoms with E-state index in [0.717, 1.165) is 31.5 Å². The summed E-state index contributed by atoms with van der Waals surface area (Å²) >= 11 is 0. The smallest absolute Gasteiger partial charge is 0.238 e. The van der Waals surface area contributed by atoms with Crippen LogP contribution in [0.25, 0.3) is 0 Å². The topological polar surface area (TPSA) is 72.2 Å². The lowest BCUT2D eigenvalue weighted by Crippen LogP contribution is -2.17. The molecule has 0 bridgehead atoms. The second-order valence-electron chi connectivity index (χ2n) is 5.29. The van der Waals surface area contributed by atoms with Crippen molar-refractivity contribution in [3.8, 4) is 0 Å². The van der Waals surface area contributed by atoms with Gasteiger partial charge in [-0.05, 0) is 48.2 Å². The Kier molecular flexibility index (Phi) is 7.72. The van der Waals surface area contributed by atoms with Crippen molar-refractivity contribution in [2.24, 2.45) is 5.14 Å². The fourth-order valence-corrected chi connectivity index (χ4v) is 2.72. The summed E-state index contributed by atoms with van der Waals surface area (Å²) in [5.74, 6) is 0. The molecule has 6 heteroatoms. The average molecular weight is 355 g/mol. The van der Waals surface area contributed by atoms with Gasteiger partial charge < -0.3 is 5.32 Å². The zero-order valence-corrected chi connectivity index (χ0v) is 14.8. The molecular weight excluding hydrogens is 332 g/mol. The molecule has 0 saturated heterocycles. The third kappa shape index (κ3) is 6.31. The molecule has 0 aliphatic rings. The summed E-state index contributed by atoms with van der Waals surface area (Å²) in [5.41, 5.74) is 3.70. The van der Waals surface area contributed by atoms with Gasteiger partial charge in [-0.1, -0.05) is 43.3 Å². The summed E-state index contributed by atoms with van der Waals surface area (Å²) in [5, 5.41) is 8.46. The summed E-state index contributed by atoms with van der Waals surface area (Å²) in [4.78, 5) is 0.153. The van der Waals surface area contributed by atoms with E-state index in [-0.39, 0.29) is 17.3 Å². The molecule has 0 aromatic heterocycles. The Labute approximate surface area is 144 Å². The molecule has 0 atom stereocenters. The van der Waals surface area contributed by atoms with E-state index in [1.165, 1.54) is 11.1 Å². The highest BCUT2D eigenvalue weighted by Crippen LogP contribution is 2.09. The van der Waals surface area contributed by atoms with Crippen LogP contribution >= 0.6 is 12.4 Å². The van der Waals surface area contributed by atoms with Crippen molar-refractivity contribution in [2.75, 3.05) is 6.54 Å². The van der Waals surface area contributed by atoms with Crippen LogP contribution in [-0.2, 0) is 29.4 Å². The Balaban J connectivity index is 0.00000264. The second-order valence-corrected chi connectivity index (χ2v) is 6.85. The first-order chi connectivity index (χ1) is 10.5. The highest BCUT2D eigenvalue weighted by atomic mass is 35.5. The number of rotatable bonds is 7. The number of halogens is 1. The van der Waals surface area contributed by atoms with Crippen LogP contribution in [0.4, 0.5) is 0 Å². The number of hydrogen-bond acceptors (Lipinski definition) is 3. The molecule has 23 heavy (non-hydrogen) atoms. The monoisotopic (exact) mass is 354 g/mol. The van der Waals surface area contributed by atoms with Gasteiger partial charge in [0, 0.05) is 6.54 Å². The standard InChI is InChI=1S/C17H22N2O2S.ClH/c1-2-14-3-5-16(6-4-14)13-19-12-11-15-7-9-17(10-8-15)22(18,20)21;/h3-10,19H,2,11-13H2,1H3,(H2,18,20,21);1H. The van der Waals surface area contributed by atoms with Crippen molar-refractivity contribution < 1.29 is 8.42 Å². The largest absolute Gasteiger partial charge is 0.312 e. The van der Waals surface area contributed by atoms with Gasteiger partial charge in [-0.15, -0.1) is 12.4 Å². The van der Waals surface area contributed by atoms with Gasteiger partial charge in [0.15, 0.2) is 0 Å². The maximum absolute atomic E-state index is 11.2. The predicted octanol–water partition coefficient (Wildman–Crippen LogP) is 2.65. The number of hydrogen-bond donors (Lipinski definition) is 2. The highest BCUT2D eigenvalue weighted by molar-refractivity contribution is 7.89. The maximum atomic E-state index is 11.2. The van der Waals surface area contributed by atoms with Crippen molar-refractivity contribution in [1.82, 2.24) is 5.32 Å². The molecule has 0 unspecified atom stereocenters. The van der Waals surface area contributed by atoms with Crippen LogP contribution < -0.4 is 10.5 Å². The Bertz CT molecular complexity index is 698. The zero-order chi connectivity index (χ0) is 16.0. The number of primary sulfonamides is 1. The van der Waals surface area contributed by atoms with Crippen LogP contribution in [0, 0.1) is 0 Å². The zero-order valence-electron chi connectivity index (χ0n) is 13.2. The van der Waals surface area contributed by atoms with Crippen LogP contribution in [-0.4, -0.2) is 15.0 Å². The Morgan fingerprint density at radius 3 is 1.96 bits per heavy atom. The van der Waals surface area contributed by atoms with E-state index in [4.69, 9.17) is 5.14 Å². The lowest BCUT2D eigenvalue weighted by molar-refractivity contribution is 0.597. The fraction of sp³-hybridized carbons (Fsp3) is 0.294. The SMILES string of the molecule is CCc1ccc(CNCCc2ccc(S(N)(=O)=O)cc2)cc1.Cl. The molecule has 3 N–H and O–H groups in total. The number of sulfonamides is 1. The van der Waals surface area contributed by atoms with E-state index in [1.54, 1.807) is 24.3 Å². The van der Waals surface area contributed by atoms with Gasteiger partial charge in [-0.25, -0.2) is 13.6 Å². The van der Waals surface area contributed by atoms with Crippen molar-refractivity contribution >= 4 is 22.4 Å². The number of nitrogens with one attached hydrogen (secondary N) is 1. The summed E-state index contributed by atoms with van der Waals surface area (Å²) in [6, 6.07) is 15.3. The van der Waals surface area contributed by atoms with Crippen molar-refractivity contribution in [3.63, 3.8) is 0 Å². The number of aryl methyl sites for hydroxylation is 1. The van der Waals surface area contributed by atoms with Crippen molar-refractivity contribution in [2.45, 2.75) is 31.2 Å². The Hall–Kier alpha value is -1.40. The first kappa shape index (κ1) is 19.6. The van der Waals surface area contributed by atoms with Crippen LogP contribution in [0.5, 0.6) is 0 Å². The maximum Gasteiger partial charge on any atom is 0.238 e. The van der Waals surface area contributed by atoms with E-state index in [0.29, 0.717) is 0 Å². The van der Waals surface area contributed by atoms with Crippen molar-refractivity contribution in [1.29, 1.82) is 0 Å². The van der Waals surface area contributed by atoms with Crippen LogP contribution in [0.1, 0.15) is 23.6 Å². The van der Waals surface area contributed by atoms with Gasteiger partial charge in [-0.2, -0.15) is 0 Å². The first-order valence-corrected chi connectivity index (χ1v) is 8.94. The van der Waals surface area contributed by atoms with E-state index >= 15 is 0 Å². The quantitative estimate of drug-likeness (QED) is 0.751. The Morgan fingerprint density at radius 2 is 1.43 bits per heavy atom. The minimum Gasteiger partial charge on any atom is -0.312 e. The van der Waals surface area contributed by atoms with Gasteiger partial charge in [0.25, 0.3) is 0 Å². The van der Waals surface area contributed by atoms with Gasteiger partial charge in [0.1, 0.15) is 0 Å². The number of benzene rings is 2. The Morgan fingerprint density at radius 1 is 0.913 bits per heavy atom. The molecule has 126 valence electrons. The first-order valence-electron chi connectivity index (χ1n) is 7.39. The minimum atomic E-state index is -3.60. The van der Waals surface area contributed by atoms with Crippen LogP contribution in [0.2, 0.25) is 0 Å². The highest BCUT2D eigenvalue weighted by Gasteiger charge is 2.06. The molecule has 0 radical (unpaired) electrons. The summed E-state index contributed by atoms with van der Waals surface area (Å²) < 4.78 is 22.3. The molecule has 0 aliphatic heterocycles. The molecule has 0 saturated carbocycles. The third-order valence-electron chi connectivity index (χ3n) is 3.60. The predicted molar refractivity (Wildman–Crippen MR) is 96.3 cm³/mol. The second kappa shape index (κ2) is 9.03. The van der Waals surface area contributed by atoms with E-state index < -0.39 is 10.0 Å². The van der Waals surface area contributed by atoms with E-state index in [1.807, 2.05) is 0 Å². The summed E-state index contributed by atoms with van der Waals surface area (Å²) in [7, 11) is -3.60. The van der Waals surface area contributed by atoms with Gasteiger partial charge in [-0.3, -0.25) is 0 Å². The van der Waals surface area contributed by atoms with Crippen LogP contribution in [0.3, 0.4) is 0 Å². The van der Waals surface area contributed by atoms with Gasteiger partial charge in [0.2, 0.25) is 10.0 Å². The normalized spacial score (nSPS) is 11.0. The molecule has 0 spiro atoms. The molecule has 4 nitrogen and oxygen atoms in total. The van der Waals surface area contributed by atoms with Crippen LogP contribution in [0.15, 0.2) is 53.4 Å². The molecule has 0 heterocycles. The van der Waals surface area contributed by atoms with Gasteiger partial charge in [0.05, 0.1) is 4.90 Å². The molecule has 2 aromatic carbocycles. The summed E-state index contributed by atoms with van der Waals surface area (Å²) in [6.07, 6.45) is 1.90. The van der Waals surface area contributed by atoms with Crippen molar-refractivity contribution in [3.05, 3.63) is 65.2 Å². The molecular formula is C17H23ClN2O2S. The fourth-order valence-electron chi connectivity index (χ4n) is 2.20. The average Bonchev–Trinajstić information content (AvgIpc) is 2.52. The number of nitrogens with two attached hydrogens (primary N) is 1. The minimum absolute atomic E-state index is 0. The summed E-state index contributed by atoms with van der Waals surface area (Å²) in [6.45, 7) is 3.82. The molecule has 0 amide bonds. The van der Waals surface area contributed by atoms with E-state index in [9.17, 15) is 8.42 Å².